The zero-order valence-electron chi connectivity index (χ0n) is 16.0. The number of carbonyl (C=O) groups is 1. The Morgan fingerprint density at radius 2 is 1.62 bits per heavy atom. The van der Waals surface area contributed by atoms with E-state index in [0.717, 1.165) is 5.56 Å². The van der Waals surface area contributed by atoms with Crippen molar-refractivity contribution in [3.8, 4) is 0 Å². The maximum Gasteiger partial charge on any atom is 0.262 e. The molecular weight excluding hydrogens is 380 g/mol. The van der Waals surface area contributed by atoms with Crippen LogP contribution in [0.3, 0.4) is 0 Å². The van der Waals surface area contributed by atoms with Crippen LogP contribution in [0.15, 0.2) is 88.8 Å². The predicted molar refractivity (Wildman–Crippen MR) is 118 cm³/mol. The van der Waals surface area contributed by atoms with Crippen molar-refractivity contribution in [2.75, 3.05) is 5.75 Å². The molecule has 144 valence electrons. The Kier molecular flexibility index (Phi) is 5.58. The van der Waals surface area contributed by atoms with Crippen molar-refractivity contribution in [1.82, 2.24) is 9.55 Å². The fraction of sp³-hybridized carbons (Fsp3) is 0.125. The number of carbonyl (C=O) groups excluding carboxylic acids is 1. The normalized spacial score (nSPS) is 10.9. The Hall–Kier alpha value is -3.18. The first-order valence-corrected chi connectivity index (χ1v) is 10.4. The maximum atomic E-state index is 13.2. The topological polar surface area (TPSA) is 52.0 Å². The largest absolute Gasteiger partial charge is 0.293 e. The summed E-state index contributed by atoms with van der Waals surface area (Å²) in [6.07, 6.45) is 0. The molecule has 0 amide bonds. The molecule has 0 saturated carbocycles. The molecule has 0 atom stereocenters. The Morgan fingerprint density at radius 1 is 0.931 bits per heavy atom. The molecule has 5 heteroatoms. The zero-order valence-corrected chi connectivity index (χ0v) is 16.9. The van der Waals surface area contributed by atoms with E-state index in [2.05, 4.69) is 4.98 Å². The Balaban J connectivity index is 1.70. The lowest BCUT2D eigenvalue weighted by molar-refractivity contribution is 0.102. The fourth-order valence-electron chi connectivity index (χ4n) is 3.11. The van der Waals surface area contributed by atoms with Crippen molar-refractivity contribution in [2.24, 2.45) is 0 Å². The van der Waals surface area contributed by atoms with Gasteiger partial charge in [-0.2, -0.15) is 0 Å². The highest BCUT2D eigenvalue weighted by Crippen LogP contribution is 2.20. The van der Waals surface area contributed by atoms with Gasteiger partial charge in [-0.3, -0.25) is 14.2 Å². The predicted octanol–water partition coefficient (Wildman–Crippen LogP) is 4.73. The highest BCUT2D eigenvalue weighted by molar-refractivity contribution is 7.99. The smallest absolute Gasteiger partial charge is 0.262 e. The van der Waals surface area contributed by atoms with Gasteiger partial charge in [-0.05, 0) is 24.6 Å². The number of hydrogen-bond donors (Lipinski definition) is 0. The van der Waals surface area contributed by atoms with Crippen LogP contribution in [0.25, 0.3) is 10.9 Å². The minimum absolute atomic E-state index is 0.0138. The van der Waals surface area contributed by atoms with Gasteiger partial charge >= 0.3 is 0 Å². The second kappa shape index (κ2) is 8.45. The number of aryl methyl sites for hydroxylation is 1. The van der Waals surface area contributed by atoms with E-state index < -0.39 is 0 Å². The second-order valence-electron chi connectivity index (χ2n) is 6.87. The van der Waals surface area contributed by atoms with Gasteiger partial charge in [0.15, 0.2) is 10.9 Å². The SMILES string of the molecule is Cc1ccc(Cn2c(SCC(=O)c3ccccc3)nc3ccccc3c2=O)cc1. The molecule has 3 aromatic carbocycles. The number of aromatic nitrogens is 2. The monoisotopic (exact) mass is 400 g/mol. The van der Waals surface area contributed by atoms with E-state index in [4.69, 9.17) is 0 Å². The zero-order chi connectivity index (χ0) is 20.2. The summed E-state index contributed by atoms with van der Waals surface area (Å²) < 4.78 is 1.66. The molecule has 0 radical (unpaired) electrons. The van der Waals surface area contributed by atoms with Crippen molar-refractivity contribution in [3.63, 3.8) is 0 Å². The number of hydrogen-bond acceptors (Lipinski definition) is 4. The standard InChI is InChI=1S/C24H20N2O2S/c1-17-11-13-18(14-12-17)15-26-23(28)20-9-5-6-10-21(20)25-24(26)29-16-22(27)19-7-3-2-4-8-19/h2-14H,15-16H2,1H3. The van der Waals surface area contributed by atoms with Gasteiger partial charge in [0, 0.05) is 5.56 Å². The summed E-state index contributed by atoms with van der Waals surface area (Å²) in [5.74, 6) is 0.239. The van der Waals surface area contributed by atoms with Gasteiger partial charge in [0.25, 0.3) is 5.56 Å². The van der Waals surface area contributed by atoms with Gasteiger partial charge in [-0.15, -0.1) is 0 Å². The molecule has 0 aliphatic heterocycles. The number of Topliss-reactive ketones (excluding diaryl/α,β-unsaturated/α-hetero) is 1. The van der Waals surface area contributed by atoms with Crippen LogP contribution in [-0.4, -0.2) is 21.1 Å². The molecule has 0 spiro atoms. The van der Waals surface area contributed by atoms with Gasteiger partial charge in [0.2, 0.25) is 0 Å². The first-order chi connectivity index (χ1) is 14.1. The second-order valence-corrected chi connectivity index (χ2v) is 7.81. The van der Waals surface area contributed by atoms with Crippen LogP contribution in [0.2, 0.25) is 0 Å². The van der Waals surface area contributed by atoms with E-state index in [1.54, 1.807) is 22.8 Å². The van der Waals surface area contributed by atoms with E-state index in [0.29, 0.717) is 28.2 Å². The van der Waals surface area contributed by atoms with Crippen LogP contribution in [0, 0.1) is 6.92 Å². The quantitative estimate of drug-likeness (QED) is 0.267. The van der Waals surface area contributed by atoms with Crippen LogP contribution in [0.5, 0.6) is 0 Å². The summed E-state index contributed by atoms with van der Waals surface area (Å²) in [5, 5.41) is 1.14. The van der Waals surface area contributed by atoms with E-state index in [-0.39, 0.29) is 17.1 Å². The molecule has 4 aromatic rings. The highest BCUT2D eigenvalue weighted by Gasteiger charge is 2.14. The van der Waals surface area contributed by atoms with E-state index in [1.165, 1.54) is 17.3 Å². The molecule has 0 bridgehead atoms. The molecule has 0 saturated heterocycles. The Bertz CT molecular complexity index is 1220. The first kappa shape index (κ1) is 19.2. The fourth-order valence-corrected chi connectivity index (χ4v) is 4.00. The number of benzene rings is 3. The van der Waals surface area contributed by atoms with Gasteiger partial charge in [-0.1, -0.05) is 84.1 Å². The van der Waals surface area contributed by atoms with Crippen LogP contribution in [0.4, 0.5) is 0 Å². The summed E-state index contributed by atoms with van der Waals surface area (Å²) in [7, 11) is 0. The van der Waals surface area contributed by atoms with Crippen molar-refractivity contribution < 1.29 is 4.79 Å². The van der Waals surface area contributed by atoms with E-state index in [9.17, 15) is 9.59 Å². The third kappa shape index (κ3) is 4.30. The van der Waals surface area contributed by atoms with E-state index in [1.807, 2.05) is 67.6 Å². The number of ketones is 1. The molecule has 4 nitrogen and oxygen atoms in total. The summed E-state index contributed by atoms with van der Waals surface area (Å²) in [4.78, 5) is 30.4. The number of fused-ring (bicyclic) bond motifs is 1. The molecule has 0 aliphatic carbocycles. The highest BCUT2D eigenvalue weighted by atomic mass is 32.2. The molecule has 1 heterocycles. The first-order valence-electron chi connectivity index (χ1n) is 9.38. The van der Waals surface area contributed by atoms with Crippen molar-refractivity contribution in [3.05, 3.63) is 106 Å². The molecule has 29 heavy (non-hydrogen) atoms. The molecule has 0 fully saturated rings. The average Bonchev–Trinajstić information content (AvgIpc) is 2.76. The molecule has 4 rings (SSSR count). The van der Waals surface area contributed by atoms with E-state index >= 15 is 0 Å². The average molecular weight is 401 g/mol. The van der Waals surface area contributed by atoms with Crippen molar-refractivity contribution in [1.29, 1.82) is 0 Å². The third-order valence-electron chi connectivity index (χ3n) is 4.72. The molecule has 0 N–H and O–H groups in total. The maximum absolute atomic E-state index is 13.2. The number of thioether (sulfide) groups is 1. The Morgan fingerprint density at radius 3 is 2.38 bits per heavy atom. The van der Waals surface area contributed by atoms with Crippen molar-refractivity contribution in [2.45, 2.75) is 18.6 Å². The minimum Gasteiger partial charge on any atom is -0.293 e. The van der Waals surface area contributed by atoms with Gasteiger partial charge in [-0.25, -0.2) is 4.98 Å². The number of rotatable bonds is 6. The van der Waals surface area contributed by atoms with Crippen LogP contribution in [-0.2, 0) is 6.54 Å². The lowest BCUT2D eigenvalue weighted by Crippen LogP contribution is -2.24. The lowest BCUT2D eigenvalue weighted by Gasteiger charge is -2.13. The summed E-state index contributed by atoms with van der Waals surface area (Å²) in [6.45, 7) is 2.45. The molecule has 0 unspecified atom stereocenters. The van der Waals surface area contributed by atoms with Gasteiger partial charge in [0.05, 0.1) is 23.2 Å². The Labute approximate surface area is 173 Å². The minimum atomic E-state index is -0.0918. The van der Waals surface area contributed by atoms with Crippen molar-refractivity contribution >= 4 is 28.4 Å². The van der Waals surface area contributed by atoms with Gasteiger partial charge in [0.1, 0.15) is 0 Å². The molecule has 1 aromatic heterocycles. The summed E-state index contributed by atoms with van der Waals surface area (Å²) in [6, 6.07) is 24.6. The summed E-state index contributed by atoms with van der Waals surface area (Å²) in [5.41, 5.74) is 3.40. The lowest BCUT2D eigenvalue weighted by atomic mass is 10.1. The van der Waals surface area contributed by atoms with Gasteiger partial charge < -0.3 is 0 Å². The molecule has 0 aliphatic rings. The molecular formula is C24H20N2O2S. The van der Waals surface area contributed by atoms with Crippen LogP contribution in [0.1, 0.15) is 21.5 Å². The van der Waals surface area contributed by atoms with Crippen LogP contribution < -0.4 is 5.56 Å². The van der Waals surface area contributed by atoms with Crippen LogP contribution >= 0.6 is 11.8 Å². The number of nitrogens with zero attached hydrogens (tertiary/aromatic N) is 2. The summed E-state index contributed by atoms with van der Waals surface area (Å²) >= 11 is 1.30. The number of para-hydroxylation sites is 1. The third-order valence-corrected chi connectivity index (χ3v) is 5.69.